The Bertz CT molecular complexity index is 5660. The lowest BCUT2D eigenvalue weighted by Crippen LogP contribution is -2.07. The number of ether oxygens (including phenoxy) is 6. The predicted molar refractivity (Wildman–Crippen MR) is 533 cm³/mol. The van der Waals surface area contributed by atoms with Gasteiger partial charge in [-0.3, -0.25) is 28.8 Å². The van der Waals surface area contributed by atoms with E-state index >= 15 is 0 Å². The summed E-state index contributed by atoms with van der Waals surface area (Å²) in [5, 5.41) is -2.29. The van der Waals surface area contributed by atoms with Gasteiger partial charge in [0.05, 0.1) is 0 Å². The highest BCUT2D eigenvalue weighted by Crippen LogP contribution is 2.43. The molecule has 129 heavy (non-hydrogen) atoms. The number of carbonyl (C=O) groups excluding carboxylic acids is 6. The molecule has 0 spiro atoms. The first-order valence-electron chi connectivity index (χ1n) is 42.4. The number of hydrogen-bond donors (Lipinski definition) is 0. The quantitative estimate of drug-likeness (QED) is 0.0473. The van der Waals surface area contributed by atoms with Crippen molar-refractivity contribution in [3.8, 4) is 34.5 Å². The van der Waals surface area contributed by atoms with Crippen molar-refractivity contribution in [1.82, 2.24) is 0 Å². The maximum atomic E-state index is 11.7. The summed E-state index contributed by atoms with van der Waals surface area (Å²) in [6.45, 7) is 44.8. The van der Waals surface area contributed by atoms with Gasteiger partial charge in [-0.2, -0.15) is 0 Å². The van der Waals surface area contributed by atoms with Gasteiger partial charge in [0.15, 0.2) is 0 Å². The first-order chi connectivity index (χ1) is 61.0. The number of benzene rings is 12. The number of hydrogen-bond acceptors (Lipinski definition) is 12. The molecule has 12 aromatic carbocycles. The van der Waals surface area contributed by atoms with Crippen molar-refractivity contribution in [3.63, 3.8) is 0 Å². The molecule has 0 saturated heterocycles. The average Bonchev–Trinajstić information content (AvgIpc) is 1.67. The molecule has 20 heteroatoms. The second kappa shape index (κ2) is 48.7. The number of aryl methyl sites for hydroxylation is 21. The van der Waals surface area contributed by atoms with Crippen LogP contribution in [0.3, 0.4) is 0 Å². The van der Waals surface area contributed by atoms with E-state index in [1.807, 2.05) is 148 Å². The third-order valence-corrected chi connectivity index (χ3v) is 25.5. The van der Waals surface area contributed by atoms with Gasteiger partial charge in [0.25, 0.3) is 31.5 Å². The molecule has 676 valence electrons. The summed E-state index contributed by atoms with van der Waals surface area (Å²) in [6, 6.07) is 57.7. The number of rotatable bonds is 26. The van der Waals surface area contributed by atoms with Crippen molar-refractivity contribution in [1.29, 1.82) is 0 Å². The summed E-state index contributed by atoms with van der Waals surface area (Å²) < 4.78 is 36.4. The van der Waals surface area contributed by atoms with Crippen molar-refractivity contribution < 1.29 is 57.2 Å². The van der Waals surface area contributed by atoms with E-state index in [2.05, 4.69) is 141 Å². The SMILES string of the molecule is CCc1cccc(C(=O)Cl)c1COc1cc(C)c(C)cc1C.Cc1cc(C)c(OCc2c(Br)cccc2C(=O)Cl)cc1C.Cc1cc(C)c(OCc2c(C(=O)Cl)cccc2C2CC2)cc1C.Cc1cc(C)c(OCc2c(C)cccc2C(=O)Cl)cc1C.Cc1cc(C)c(OCc2c(C)cccc2C(=O)Cl)cc1C.Cc1cc(C)c(OCc2c(Cl)cccc2C(=O)Cl)cc1C. The first-order valence-corrected chi connectivity index (χ1v) is 45.8. The molecule has 12 nitrogen and oxygen atoms in total. The zero-order valence-corrected chi connectivity index (χ0v) is 84.1. The zero-order chi connectivity index (χ0) is 95.1. The van der Waals surface area contributed by atoms with Crippen LogP contribution in [-0.4, -0.2) is 31.5 Å². The van der Waals surface area contributed by atoms with Gasteiger partial charge in [0.1, 0.15) is 74.1 Å². The van der Waals surface area contributed by atoms with Crippen LogP contribution in [0.25, 0.3) is 0 Å². The topological polar surface area (TPSA) is 158 Å². The highest BCUT2D eigenvalue weighted by Gasteiger charge is 2.29. The van der Waals surface area contributed by atoms with Gasteiger partial charge >= 0.3 is 0 Å². The van der Waals surface area contributed by atoms with Crippen LogP contribution in [0.15, 0.2) is 186 Å². The fourth-order valence-electron chi connectivity index (χ4n) is 14.4. The summed E-state index contributed by atoms with van der Waals surface area (Å²) in [4.78, 5) is 69.3. The van der Waals surface area contributed by atoms with E-state index in [1.165, 1.54) is 79.6 Å². The molecule has 0 aliphatic heterocycles. The fourth-order valence-corrected chi connectivity index (χ4v) is 16.2. The van der Waals surface area contributed by atoms with Crippen molar-refractivity contribution in [3.05, 3.63) is 381 Å². The molecule has 1 aliphatic carbocycles. The van der Waals surface area contributed by atoms with Crippen molar-refractivity contribution in [2.75, 3.05) is 0 Å². The smallest absolute Gasteiger partial charge is 0.252 e. The Kier molecular flexibility index (Phi) is 39.4. The molecule has 0 atom stereocenters. The maximum Gasteiger partial charge on any atom is 0.252 e. The van der Waals surface area contributed by atoms with Gasteiger partial charge in [-0.15, -0.1) is 0 Å². The molecule has 12 aromatic rings. The molecule has 1 saturated carbocycles. The minimum absolute atomic E-state index is 0.205. The Morgan fingerprint density at radius 3 is 0.791 bits per heavy atom. The van der Waals surface area contributed by atoms with Crippen LogP contribution >= 0.6 is 97.1 Å². The summed E-state index contributed by atoms with van der Waals surface area (Å²) >= 11 is 43.6. The standard InChI is InChI=1S/C20H21ClO2.C19H21ClO2.2C18H19ClO2.C17H16BrClO2.C17H16Cl2O2/c1-12-9-14(3)19(10-13(12)2)23-11-18-16(15-7-8-15)5-4-6-17(18)20(21)22;1-5-15-7-6-8-16(19(20)21)17(15)11-22-18-10-13(3)12(2)9-14(18)4;2*1-11-6-5-7-15(18(19)20)16(11)10-21-17-9-13(3)12(2)8-14(17)4;2*1-10-7-12(3)16(8-11(10)2)21-9-14-13(17(19)20)5-4-6-15(14)18/h4-6,9-10,15H,7-8,11H2,1-3H3;6-10H,5,11H2,1-4H3;2*5-9H,10H2,1-4H3;2*4-8H,9H2,1-3H3. The molecule has 13 rings (SSSR count). The lowest BCUT2D eigenvalue weighted by molar-refractivity contribution is 0.107. The Labute approximate surface area is 804 Å². The molecule has 1 aliphatic rings. The van der Waals surface area contributed by atoms with Crippen LogP contribution in [0.5, 0.6) is 34.5 Å². The summed E-state index contributed by atoms with van der Waals surface area (Å²) in [7, 11) is 0. The van der Waals surface area contributed by atoms with E-state index in [0.29, 0.717) is 82.9 Å². The average molecular weight is 1940 g/mol. The van der Waals surface area contributed by atoms with Crippen LogP contribution in [0.1, 0.15) is 244 Å². The van der Waals surface area contributed by atoms with E-state index in [4.69, 9.17) is 110 Å². The second-order valence-corrected chi connectivity index (χ2v) is 36.1. The van der Waals surface area contributed by atoms with Crippen LogP contribution in [0, 0.1) is 138 Å². The molecule has 0 unspecified atom stereocenters. The Balaban J connectivity index is 0.000000191. The van der Waals surface area contributed by atoms with E-state index < -0.39 is 31.5 Å². The van der Waals surface area contributed by atoms with Crippen LogP contribution in [0.4, 0.5) is 0 Å². The summed E-state index contributed by atoms with van der Waals surface area (Å²) in [5.41, 5.74) is 33.2. The number of halogens is 8. The molecule has 0 N–H and O–H groups in total. The van der Waals surface area contributed by atoms with Gasteiger partial charge in [-0.05, 0) is 441 Å². The van der Waals surface area contributed by atoms with Gasteiger partial charge in [0, 0.05) is 76.3 Å². The van der Waals surface area contributed by atoms with E-state index in [0.717, 1.165) is 129 Å². The summed E-state index contributed by atoms with van der Waals surface area (Å²) in [6.07, 6.45) is 3.19. The largest absolute Gasteiger partial charge is 0.489 e. The van der Waals surface area contributed by atoms with Gasteiger partial charge in [-0.25, -0.2) is 0 Å². The van der Waals surface area contributed by atoms with Gasteiger partial charge in [-0.1, -0.05) is 132 Å². The molecule has 0 amide bonds. The van der Waals surface area contributed by atoms with Crippen LogP contribution < -0.4 is 28.4 Å². The zero-order valence-electron chi connectivity index (χ0n) is 77.2. The summed E-state index contributed by atoms with van der Waals surface area (Å²) in [5.74, 6) is 5.55. The molecule has 0 radical (unpaired) electrons. The molecule has 0 aromatic heterocycles. The van der Waals surface area contributed by atoms with Gasteiger partial charge < -0.3 is 28.4 Å². The van der Waals surface area contributed by atoms with Gasteiger partial charge in [0.2, 0.25) is 0 Å². The second-order valence-electron chi connectivity index (χ2n) is 32.8. The third kappa shape index (κ3) is 29.2. The molecule has 0 bridgehead atoms. The molecular formula is C109H112BrCl7O12. The van der Waals surface area contributed by atoms with E-state index in [-0.39, 0.29) is 6.61 Å². The van der Waals surface area contributed by atoms with Crippen molar-refractivity contribution >= 4 is 129 Å². The van der Waals surface area contributed by atoms with Crippen LogP contribution in [-0.2, 0) is 46.1 Å². The molecule has 1 fully saturated rings. The molecular weight excluding hydrogens is 1830 g/mol. The normalized spacial score (nSPS) is 11.1. The Morgan fingerprint density at radius 1 is 0.264 bits per heavy atom. The Hall–Kier alpha value is -10.0. The van der Waals surface area contributed by atoms with E-state index in [1.54, 1.807) is 54.6 Å². The monoisotopic (exact) mass is 1940 g/mol. The fraction of sp³-hybridized carbons (Fsp3) is 0.284. The van der Waals surface area contributed by atoms with Crippen molar-refractivity contribution in [2.45, 2.75) is 210 Å². The highest BCUT2D eigenvalue weighted by atomic mass is 79.9. The Morgan fingerprint density at radius 2 is 0.488 bits per heavy atom. The van der Waals surface area contributed by atoms with Crippen molar-refractivity contribution in [2.24, 2.45) is 0 Å². The number of carbonyl (C=O) groups is 6. The van der Waals surface area contributed by atoms with Crippen LogP contribution in [0.2, 0.25) is 5.02 Å². The highest BCUT2D eigenvalue weighted by molar-refractivity contribution is 9.10. The maximum absolute atomic E-state index is 11.7. The lowest BCUT2D eigenvalue weighted by atomic mass is 9.98. The lowest BCUT2D eigenvalue weighted by Gasteiger charge is -2.16. The minimum Gasteiger partial charge on any atom is -0.489 e. The predicted octanol–water partition coefficient (Wildman–Crippen LogP) is 30.9. The first kappa shape index (κ1) is 104. The molecule has 0 heterocycles. The minimum atomic E-state index is -0.534. The third-order valence-electron chi connectivity index (χ3n) is 23.2. The van der Waals surface area contributed by atoms with E-state index in [9.17, 15) is 28.8 Å².